The van der Waals surface area contributed by atoms with E-state index in [2.05, 4.69) is 24.9 Å². The first-order chi connectivity index (χ1) is 18.0. The first-order valence-electron chi connectivity index (χ1n) is 10.7. The molecule has 6 N–H and O–H groups in total. The van der Waals surface area contributed by atoms with Crippen LogP contribution in [0.5, 0.6) is 0 Å². The monoisotopic (exact) mass is 619 g/mol. The summed E-state index contributed by atoms with van der Waals surface area (Å²) in [5, 5.41) is 26.8. The van der Waals surface area contributed by atoms with Crippen LogP contribution in [0.25, 0.3) is 11.0 Å². The van der Waals surface area contributed by atoms with Gasteiger partial charge in [0.1, 0.15) is 24.1 Å². The fraction of sp³-hybridized carbons (Fsp3) is 0.421. The molecule has 20 heteroatoms. The highest BCUT2D eigenvalue weighted by Gasteiger charge is 2.42. The lowest BCUT2D eigenvalue weighted by atomic mass is 10.1. The maximum absolute atomic E-state index is 13.9. The van der Waals surface area contributed by atoms with Gasteiger partial charge in [-0.2, -0.15) is 28.2 Å². The number of benzene rings is 1. The molecule has 0 radical (unpaired) electrons. The molecule has 2 heterocycles. The molecule has 1 aromatic carbocycles. The molecule has 216 valence electrons. The second-order valence-corrected chi connectivity index (χ2v) is 12.4. The van der Waals surface area contributed by atoms with Crippen LogP contribution in [0.1, 0.15) is 17.8 Å². The van der Waals surface area contributed by atoms with Gasteiger partial charge in [-0.3, -0.25) is 9.13 Å². The molecule has 0 saturated heterocycles. The van der Waals surface area contributed by atoms with Crippen molar-refractivity contribution in [1.29, 1.82) is 0 Å². The van der Waals surface area contributed by atoms with Gasteiger partial charge in [0.15, 0.2) is 17.8 Å². The molecule has 0 amide bonds. The molecule has 2 aromatic heterocycles. The lowest BCUT2D eigenvalue weighted by molar-refractivity contribution is -0.144. The molecule has 3 rings (SSSR count). The van der Waals surface area contributed by atoms with Crippen LogP contribution in [0.2, 0.25) is 5.28 Å². The van der Waals surface area contributed by atoms with Gasteiger partial charge in [-0.05, 0) is 17.2 Å². The molecular formula is C19H23ClF3N5O9P2. The first kappa shape index (κ1) is 31.4. The van der Waals surface area contributed by atoms with E-state index in [4.69, 9.17) is 26.1 Å². The normalized spacial score (nSPS) is 17.4. The zero-order chi connectivity index (χ0) is 29.2. The zero-order valence-electron chi connectivity index (χ0n) is 19.8. The Hall–Kier alpha value is -2.17. The van der Waals surface area contributed by atoms with Gasteiger partial charge < -0.3 is 39.5 Å². The minimum absolute atomic E-state index is 0.109. The summed E-state index contributed by atoms with van der Waals surface area (Å²) in [5.41, 5.74) is -0.415. The Morgan fingerprint density at radius 2 is 1.77 bits per heavy atom. The molecule has 3 aromatic rings. The third kappa shape index (κ3) is 8.17. The van der Waals surface area contributed by atoms with Crippen molar-refractivity contribution in [3.8, 4) is 0 Å². The Labute approximate surface area is 223 Å². The molecule has 0 bridgehead atoms. The Balaban J connectivity index is 1.89. The summed E-state index contributed by atoms with van der Waals surface area (Å²) in [6, 6.07) is 4.70. The number of halogens is 4. The number of aromatic nitrogens is 4. The lowest BCUT2D eigenvalue weighted by Gasteiger charge is -2.26. The van der Waals surface area contributed by atoms with Crippen LogP contribution in [-0.4, -0.2) is 82.6 Å². The predicted molar refractivity (Wildman–Crippen MR) is 130 cm³/mol. The summed E-state index contributed by atoms with van der Waals surface area (Å²) in [5.74, 6) is -1.87. The summed E-state index contributed by atoms with van der Waals surface area (Å²) in [4.78, 5) is 35.1. The number of aliphatic hydroxyl groups excluding tert-OH is 2. The predicted octanol–water partition coefficient (Wildman–Crippen LogP) is 2.40. The minimum Gasteiger partial charge on any atom is -0.386 e. The van der Waals surface area contributed by atoms with Crippen LogP contribution < -0.4 is 5.32 Å². The molecule has 0 saturated carbocycles. The Morgan fingerprint density at radius 1 is 1.13 bits per heavy atom. The van der Waals surface area contributed by atoms with Crippen LogP contribution in [0, 0.1) is 0 Å². The van der Waals surface area contributed by atoms with Crippen molar-refractivity contribution in [2.24, 2.45) is 0 Å². The van der Waals surface area contributed by atoms with Crippen molar-refractivity contribution in [2.75, 3.05) is 24.9 Å². The van der Waals surface area contributed by atoms with Crippen molar-refractivity contribution in [3.63, 3.8) is 0 Å². The van der Waals surface area contributed by atoms with E-state index in [1.54, 1.807) is 6.07 Å². The van der Waals surface area contributed by atoms with Gasteiger partial charge in [-0.1, -0.05) is 30.3 Å². The summed E-state index contributed by atoms with van der Waals surface area (Å²) in [6.45, 7) is -0.894. The number of methoxy groups -OCH3 is 1. The van der Waals surface area contributed by atoms with Crippen LogP contribution >= 0.6 is 26.8 Å². The second kappa shape index (κ2) is 12.1. The molecule has 1 unspecified atom stereocenters. The smallest absolute Gasteiger partial charge is 0.386 e. The molecule has 39 heavy (non-hydrogen) atoms. The standard InChI is InChI=1S/C19H23ClF3N5O9P2/c1-36-12(8-37-39(34,35)9-38(31,32)33)13(29)17(30)28-16-11(7-24-28)15(26-18(20)27-16)25-14(19(21,22)23)10-5-3-2-4-6-10/h2-7,12-14,17,29-30H,8-9H2,1H3,(H,34,35)(H,25,26,27)(H2,31,32,33)/t12-,13-,14-,17-/m1/s1. The number of hydrogen-bond acceptors (Lipinski definition) is 10. The van der Waals surface area contributed by atoms with Crippen molar-refractivity contribution >= 4 is 43.6 Å². The number of anilines is 1. The number of alkyl halides is 3. The number of ether oxygens (including phenoxy) is 1. The summed E-state index contributed by atoms with van der Waals surface area (Å²) < 4.78 is 74.8. The maximum atomic E-state index is 13.9. The fourth-order valence-electron chi connectivity index (χ4n) is 3.45. The summed E-state index contributed by atoms with van der Waals surface area (Å²) >= 11 is 5.93. The van der Waals surface area contributed by atoms with Gasteiger partial charge in [0.2, 0.25) is 5.28 Å². The van der Waals surface area contributed by atoms with Crippen molar-refractivity contribution < 1.29 is 56.5 Å². The lowest BCUT2D eigenvalue weighted by Crippen LogP contribution is -2.39. The molecule has 0 spiro atoms. The average Bonchev–Trinajstić information content (AvgIpc) is 3.24. The number of rotatable bonds is 12. The van der Waals surface area contributed by atoms with Crippen LogP contribution in [0.15, 0.2) is 36.5 Å². The number of nitrogens with one attached hydrogen (secondary N) is 1. The highest BCUT2D eigenvalue weighted by atomic mass is 35.5. The number of aliphatic hydroxyl groups is 2. The number of nitrogens with zero attached hydrogens (tertiary/aromatic N) is 4. The molecule has 0 aliphatic heterocycles. The Morgan fingerprint density at radius 3 is 2.33 bits per heavy atom. The van der Waals surface area contributed by atoms with E-state index in [0.717, 1.165) is 13.3 Å². The van der Waals surface area contributed by atoms with E-state index in [-0.39, 0.29) is 22.4 Å². The van der Waals surface area contributed by atoms with Crippen molar-refractivity contribution in [2.45, 2.75) is 30.7 Å². The average molecular weight is 620 g/mol. The van der Waals surface area contributed by atoms with E-state index in [1.165, 1.54) is 24.3 Å². The van der Waals surface area contributed by atoms with E-state index in [9.17, 15) is 37.4 Å². The molecule has 0 fully saturated rings. The third-order valence-electron chi connectivity index (χ3n) is 5.21. The van der Waals surface area contributed by atoms with Crippen LogP contribution in [-0.2, 0) is 18.4 Å². The number of fused-ring (bicyclic) bond motifs is 1. The van der Waals surface area contributed by atoms with Gasteiger partial charge in [0.25, 0.3) is 0 Å². The SMILES string of the molecule is CO[C@H](COP(=O)(O)CP(=O)(O)O)[C@@H](O)[C@@H](O)n1ncc2c(N[C@H](c3ccccc3)C(F)(F)F)nc(Cl)nc21. The first-order valence-corrected chi connectivity index (χ1v) is 14.6. The highest BCUT2D eigenvalue weighted by Crippen LogP contribution is 2.55. The number of hydrogen-bond donors (Lipinski definition) is 6. The molecular weight excluding hydrogens is 597 g/mol. The Kier molecular flexibility index (Phi) is 9.76. The van der Waals surface area contributed by atoms with Crippen molar-refractivity contribution in [1.82, 2.24) is 19.7 Å². The van der Waals surface area contributed by atoms with Gasteiger partial charge in [-0.25, -0.2) is 4.68 Å². The summed E-state index contributed by atoms with van der Waals surface area (Å²) in [6.07, 6.45) is -9.25. The maximum Gasteiger partial charge on any atom is 0.412 e. The van der Waals surface area contributed by atoms with Gasteiger partial charge in [0.05, 0.1) is 18.2 Å². The Bertz CT molecular complexity index is 1380. The van der Waals surface area contributed by atoms with E-state index >= 15 is 0 Å². The van der Waals surface area contributed by atoms with Gasteiger partial charge in [0, 0.05) is 7.11 Å². The van der Waals surface area contributed by atoms with Gasteiger partial charge >= 0.3 is 21.4 Å². The molecule has 5 atom stereocenters. The fourth-order valence-corrected chi connectivity index (χ4v) is 6.18. The molecule has 14 nitrogen and oxygen atoms in total. The van der Waals surface area contributed by atoms with Crippen molar-refractivity contribution in [3.05, 3.63) is 47.4 Å². The van der Waals surface area contributed by atoms with Crippen LogP contribution in [0.4, 0.5) is 19.0 Å². The highest BCUT2D eigenvalue weighted by molar-refractivity contribution is 7.70. The van der Waals surface area contributed by atoms with E-state index in [0.29, 0.717) is 4.68 Å². The topological polar surface area (TPSA) is 209 Å². The van der Waals surface area contributed by atoms with Gasteiger partial charge in [-0.15, -0.1) is 0 Å². The minimum atomic E-state index is -4.92. The van der Waals surface area contributed by atoms with Crippen LogP contribution in [0.3, 0.4) is 0 Å². The molecule has 0 aliphatic rings. The second-order valence-electron chi connectivity index (χ2n) is 8.11. The largest absolute Gasteiger partial charge is 0.412 e. The zero-order valence-corrected chi connectivity index (χ0v) is 22.3. The summed E-state index contributed by atoms with van der Waals surface area (Å²) in [7, 11) is -8.70. The molecule has 0 aliphatic carbocycles. The van der Waals surface area contributed by atoms with E-state index in [1.807, 2.05) is 0 Å². The quantitative estimate of drug-likeness (QED) is 0.127. The van der Waals surface area contributed by atoms with E-state index < -0.39 is 63.6 Å². The third-order valence-corrected chi connectivity index (χ3v) is 8.84.